The molecular weight excluding hydrogens is 394 g/mol. The van der Waals surface area contributed by atoms with Gasteiger partial charge < -0.3 is 18.9 Å². The van der Waals surface area contributed by atoms with Crippen LogP contribution in [0, 0.1) is 10.1 Å². The van der Waals surface area contributed by atoms with Gasteiger partial charge in [-0.2, -0.15) is 0 Å². The number of rotatable bonds is 8. The SMILES string of the molecule is COc1cc(C(=O)N(Cc2cccs2)Cc2cccn2C)c([N+](=O)[O-])cc1OC. The molecule has 0 fully saturated rings. The summed E-state index contributed by atoms with van der Waals surface area (Å²) in [5.41, 5.74) is 0.548. The van der Waals surface area contributed by atoms with Crippen LogP contribution in [0.3, 0.4) is 0 Å². The Morgan fingerprint density at radius 2 is 1.90 bits per heavy atom. The number of aromatic nitrogens is 1. The number of thiophene rings is 1. The molecule has 2 heterocycles. The molecule has 29 heavy (non-hydrogen) atoms. The maximum absolute atomic E-state index is 13.4. The van der Waals surface area contributed by atoms with Crippen LogP contribution in [0.1, 0.15) is 20.9 Å². The molecule has 2 aromatic heterocycles. The summed E-state index contributed by atoms with van der Waals surface area (Å²) in [5, 5.41) is 13.6. The second-order valence-electron chi connectivity index (χ2n) is 6.33. The zero-order valence-corrected chi connectivity index (χ0v) is 17.1. The van der Waals surface area contributed by atoms with Crippen molar-refractivity contribution < 1.29 is 19.2 Å². The first-order chi connectivity index (χ1) is 13.9. The summed E-state index contributed by atoms with van der Waals surface area (Å²) in [4.78, 5) is 27.1. The van der Waals surface area contributed by atoms with Crippen LogP contribution in [-0.2, 0) is 20.1 Å². The van der Waals surface area contributed by atoms with Gasteiger partial charge in [-0.1, -0.05) is 6.07 Å². The summed E-state index contributed by atoms with van der Waals surface area (Å²) >= 11 is 1.53. The number of methoxy groups -OCH3 is 2. The van der Waals surface area contributed by atoms with E-state index >= 15 is 0 Å². The van der Waals surface area contributed by atoms with Gasteiger partial charge in [0, 0.05) is 29.9 Å². The highest BCUT2D eigenvalue weighted by Gasteiger charge is 2.28. The summed E-state index contributed by atoms with van der Waals surface area (Å²) in [5.74, 6) is 0.00614. The lowest BCUT2D eigenvalue weighted by Gasteiger charge is -2.23. The van der Waals surface area contributed by atoms with E-state index in [0.29, 0.717) is 13.1 Å². The summed E-state index contributed by atoms with van der Waals surface area (Å²) in [7, 11) is 4.70. The van der Waals surface area contributed by atoms with Crippen molar-refractivity contribution in [3.05, 3.63) is 74.2 Å². The highest BCUT2D eigenvalue weighted by atomic mass is 32.1. The Morgan fingerprint density at radius 1 is 1.17 bits per heavy atom. The number of benzene rings is 1. The fourth-order valence-electron chi connectivity index (χ4n) is 3.01. The molecule has 8 nitrogen and oxygen atoms in total. The molecule has 1 aromatic carbocycles. The number of carbonyl (C=O) groups is 1. The highest BCUT2D eigenvalue weighted by molar-refractivity contribution is 7.09. The average molecular weight is 415 g/mol. The monoisotopic (exact) mass is 415 g/mol. The second-order valence-corrected chi connectivity index (χ2v) is 7.36. The van der Waals surface area contributed by atoms with Gasteiger partial charge in [0.05, 0.1) is 38.3 Å². The van der Waals surface area contributed by atoms with Crippen LogP contribution in [0.25, 0.3) is 0 Å². The van der Waals surface area contributed by atoms with E-state index in [9.17, 15) is 14.9 Å². The first-order valence-corrected chi connectivity index (χ1v) is 9.64. The zero-order valence-electron chi connectivity index (χ0n) is 16.3. The normalized spacial score (nSPS) is 10.6. The molecule has 1 amide bonds. The van der Waals surface area contributed by atoms with Crippen molar-refractivity contribution in [3.63, 3.8) is 0 Å². The van der Waals surface area contributed by atoms with Gasteiger partial charge in [0.25, 0.3) is 11.6 Å². The van der Waals surface area contributed by atoms with Gasteiger partial charge in [-0.25, -0.2) is 0 Å². The Morgan fingerprint density at radius 3 is 2.45 bits per heavy atom. The van der Waals surface area contributed by atoms with Gasteiger partial charge in [-0.15, -0.1) is 11.3 Å². The molecule has 0 radical (unpaired) electrons. The lowest BCUT2D eigenvalue weighted by Crippen LogP contribution is -2.31. The van der Waals surface area contributed by atoms with Crippen molar-refractivity contribution in [3.8, 4) is 11.5 Å². The third-order valence-corrected chi connectivity index (χ3v) is 5.41. The van der Waals surface area contributed by atoms with Crippen molar-refractivity contribution in [2.45, 2.75) is 13.1 Å². The van der Waals surface area contributed by atoms with Gasteiger partial charge in [0.15, 0.2) is 11.5 Å². The molecule has 9 heteroatoms. The smallest absolute Gasteiger partial charge is 0.286 e. The molecule has 152 valence electrons. The molecule has 0 aliphatic heterocycles. The molecule has 0 aliphatic carbocycles. The zero-order chi connectivity index (χ0) is 21.0. The van der Waals surface area contributed by atoms with E-state index in [1.807, 2.05) is 47.5 Å². The van der Waals surface area contributed by atoms with Gasteiger partial charge in [0.2, 0.25) is 0 Å². The number of carbonyl (C=O) groups excluding carboxylic acids is 1. The van der Waals surface area contributed by atoms with E-state index in [1.54, 1.807) is 4.90 Å². The van der Waals surface area contributed by atoms with Crippen molar-refractivity contribution in [1.82, 2.24) is 9.47 Å². The van der Waals surface area contributed by atoms with Crippen LogP contribution >= 0.6 is 11.3 Å². The standard InChI is InChI=1S/C20H21N3O5S/c1-21-8-4-6-14(21)12-22(13-15-7-5-9-29-15)20(24)16-10-18(27-2)19(28-3)11-17(16)23(25)26/h4-11H,12-13H2,1-3H3. The molecule has 0 bridgehead atoms. The highest BCUT2D eigenvalue weighted by Crippen LogP contribution is 2.35. The van der Waals surface area contributed by atoms with Crippen LogP contribution < -0.4 is 9.47 Å². The Hall–Kier alpha value is -3.33. The van der Waals surface area contributed by atoms with Crippen molar-refractivity contribution in [1.29, 1.82) is 0 Å². The number of nitro benzene ring substituents is 1. The maximum atomic E-state index is 13.4. The Balaban J connectivity index is 2.04. The van der Waals surface area contributed by atoms with Crippen LogP contribution in [0.4, 0.5) is 5.69 Å². The lowest BCUT2D eigenvalue weighted by atomic mass is 10.1. The second kappa shape index (κ2) is 8.78. The third kappa shape index (κ3) is 4.40. The van der Waals surface area contributed by atoms with Crippen molar-refractivity contribution >= 4 is 22.9 Å². The van der Waals surface area contributed by atoms with Crippen molar-refractivity contribution in [2.24, 2.45) is 7.05 Å². The Bertz CT molecular complexity index is 1010. The molecule has 0 N–H and O–H groups in total. The van der Waals surface area contributed by atoms with Crippen molar-refractivity contribution in [2.75, 3.05) is 14.2 Å². The molecule has 3 rings (SSSR count). The molecular formula is C20H21N3O5S. The number of nitrogens with zero attached hydrogens (tertiary/aromatic N) is 3. The molecule has 0 spiro atoms. The van der Waals surface area contributed by atoms with E-state index in [2.05, 4.69) is 0 Å². The first-order valence-electron chi connectivity index (χ1n) is 8.77. The molecule has 0 unspecified atom stereocenters. The molecule has 0 saturated heterocycles. The van der Waals surface area contributed by atoms with Crippen LogP contribution in [0.15, 0.2) is 48.0 Å². The van der Waals surface area contributed by atoms with Crippen LogP contribution in [0.5, 0.6) is 11.5 Å². The van der Waals surface area contributed by atoms with E-state index < -0.39 is 10.8 Å². The van der Waals surface area contributed by atoms with Crippen LogP contribution in [-0.4, -0.2) is 34.5 Å². The number of amides is 1. The van der Waals surface area contributed by atoms with Gasteiger partial charge in [-0.05, 0) is 23.6 Å². The van der Waals surface area contributed by atoms with Crippen LogP contribution in [0.2, 0.25) is 0 Å². The topological polar surface area (TPSA) is 86.8 Å². The molecule has 0 saturated carbocycles. The quantitative estimate of drug-likeness (QED) is 0.412. The summed E-state index contributed by atoms with van der Waals surface area (Å²) in [6.07, 6.45) is 1.89. The Kier molecular flexibility index (Phi) is 6.18. The number of hydrogen-bond donors (Lipinski definition) is 0. The van der Waals surface area contributed by atoms with Gasteiger partial charge in [-0.3, -0.25) is 14.9 Å². The summed E-state index contributed by atoms with van der Waals surface area (Å²) in [6.45, 7) is 0.652. The number of nitro groups is 1. The minimum absolute atomic E-state index is 0.0431. The fraction of sp³-hybridized carbons (Fsp3) is 0.250. The average Bonchev–Trinajstić information content (AvgIpc) is 3.37. The third-order valence-electron chi connectivity index (χ3n) is 4.55. The maximum Gasteiger partial charge on any atom is 0.286 e. The molecule has 3 aromatic rings. The minimum atomic E-state index is -0.582. The first kappa shape index (κ1) is 20.4. The van der Waals surface area contributed by atoms with Gasteiger partial charge in [0.1, 0.15) is 5.56 Å². The van der Waals surface area contributed by atoms with E-state index in [4.69, 9.17) is 9.47 Å². The largest absolute Gasteiger partial charge is 0.493 e. The molecule has 0 aliphatic rings. The lowest BCUT2D eigenvalue weighted by molar-refractivity contribution is -0.385. The van der Waals surface area contributed by atoms with E-state index in [-0.39, 0.29) is 22.7 Å². The molecule has 0 atom stereocenters. The van der Waals surface area contributed by atoms with E-state index in [0.717, 1.165) is 10.6 Å². The fourth-order valence-corrected chi connectivity index (χ4v) is 3.73. The number of aryl methyl sites for hydroxylation is 1. The summed E-state index contributed by atoms with van der Waals surface area (Å²) in [6, 6.07) is 10.2. The minimum Gasteiger partial charge on any atom is -0.493 e. The Labute approximate surface area is 172 Å². The summed E-state index contributed by atoms with van der Waals surface area (Å²) < 4.78 is 12.3. The number of hydrogen-bond acceptors (Lipinski definition) is 6. The number of ether oxygens (including phenoxy) is 2. The van der Waals surface area contributed by atoms with E-state index in [1.165, 1.54) is 37.7 Å². The van der Waals surface area contributed by atoms with Gasteiger partial charge >= 0.3 is 0 Å². The predicted octanol–water partition coefficient (Wildman–Crippen LogP) is 3.85. The predicted molar refractivity (Wildman–Crippen MR) is 110 cm³/mol.